The van der Waals surface area contributed by atoms with Crippen molar-refractivity contribution in [2.45, 2.75) is 6.92 Å². The molecule has 2 aliphatic rings. The molecule has 2 aliphatic heterocycles. The fraction of sp³-hybridized carbons (Fsp3) is 0.150. The van der Waals surface area contributed by atoms with Gasteiger partial charge in [0.15, 0.2) is 16.7 Å². The molecule has 2 heterocycles. The van der Waals surface area contributed by atoms with Gasteiger partial charge in [0.25, 0.3) is 5.91 Å². The third-order valence-corrected chi connectivity index (χ3v) is 5.26. The molecule has 0 radical (unpaired) electrons. The quantitative estimate of drug-likeness (QED) is 0.792. The molecule has 0 atom stereocenters. The number of carbonyl (C=O) groups excluding carboxylic acids is 1. The number of aliphatic imine (C=N–C) groups is 1. The minimum absolute atomic E-state index is 0.0901. The maximum atomic E-state index is 12.8. The van der Waals surface area contributed by atoms with Crippen molar-refractivity contribution in [2.75, 3.05) is 13.3 Å². The van der Waals surface area contributed by atoms with E-state index < -0.39 is 5.97 Å². The van der Waals surface area contributed by atoms with Crippen molar-refractivity contribution in [3.63, 3.8) is 0 Å². The van der Waals surface area contributed by atoms with Crippen molar-refractivity contribution in [1.29, 1.82) is 0 Å². The van der Waals surface area contributed by atoms with Crippen LogP contribution in [0.4, 0.5) is 5.69 Å². The zero-order chi connectivity index (χ0) is 19.7. The summed E-state index contributed by atoms with van der Waals surface area (Å²) in [5, 5.41) is 9.80. The monoisotopic (exact) mass is 396 g/mol. The van der Waals surface area contributed by atoms with Crippen LogP contribution in [0.5, 0.6) is 11.5 Å². The fourth-order valence-corrected chi connectivity index (χ4v) is 3.93. The largest absolute Gasteiger partial charge is 0.478 e. The van der Waals surface area contributed by atoms with Gasteiger partial charge in [-0.25, -0.2) is 9.79 Å². The van der Waals surface area contributed by atoms with Crippen LogP contribution in [-0.4, -0.2) is 40.4 Å². The molecule has 2 aromatic rings. The Kier molecular flexibility index (Phi) is 4.79. The number of aromatic carboxylic acids is 1. The van der Waals surface area contributed by atoms with Crippen LogP contribution >= 0.6 is 11.8 Å². The van der Waals surface area contributed by atoms with Crippen LogP contribution in [0.1, 0.15) is 22.8 Å². The normalized spacial score (nSPS) is 18.3. The molecule has 1 fully saturated rings. The van der Waals surface area contributed by atoms with E-state index in [0.717, 1.165) is 5.56 Å². The molecular formula is C20H16N2O5S. The maximum absolute atomic E-state index is 12.8. The van der Waals surface area contributed by atoms with Crippen molar-refractivity contribution in [3.05, 3.63) is 58.5 Å². The number of amidine groups is 1. The standard InChI is InChI=1S/C20H16N2O5S/c1-2-22-18(23)17(10-12-7-8-15-16(9-12)27-11-26-15)28-20(22)21-14-6-4-3-5-13(14)19(24)25/h3-10H,2,11H2,1H3,(H,24,25)/b17-10-,21-20?. The van der Waals surface area contributed by atoms with E-state index in [1.54, 1.807) is 30.3 Å². The summed E-state index contributed by atoms with van der Waals surface area (Å²) in [7, 11) is 0. The molecule has 1 N–H and O–H groups in total. The van der Waals surface area contributed by atoms with E-state index in [4.69, 9.17) is 9.47 Å². The third-order valence-electron chi connectivity index (χ3n) is 4.25. The van der Waals surface area contributed by atoms with Crippen LogP contribution < -0.4 is 9.47 Å². The number of hydrogen-bond donors (Lipinski definition) is 1. The van der Waals surface area contributed by atoms with E-state index in [1.165, 1.54) is 22.7 Å². The first-order chi connectivity index (χ1) is 13.6. The lowest BCUT2D eigenvalue weighted by atomic mass is 10.2. The second kappa shape index (κ2) is 7.40. The van der Waals surface area contributed by atoms with Gasteiger partial charge in [-0.1, -0.05) is 18.2 Å². The van der Waals surface area contributed by atoms with Gasteiger partial charge in [0, 0.05) is 6.54 Å². The average molecular weight is 396 g/mol. The molecule has 1 saturated heterocycles. The maximum Gasteiger partial charge on any atom is 0.337 e. The second-order valence-corrected chi connectivity index (χ2v) is 7.00. The molecular weight excluding hydrogens is 380 g/mol. The van der Waals surface area contributed by atoms with Crippen molar-refractivity contribution < 1.29 is 24.2 Å². The highest BCUT2D eigenvalue weighted by Gasteiger charge is 2.32. The Morgan fingerprint density at radius 3 is 2.82 bits per heavy atom. The molecule has 0 aliphatic carbocycles. The molecule has 28 heavy (non-hydrogen) atoms. The molecule has 7 nitrogen and oxygen atoms in total. The van der Waals surface area contributed by atoms with Crippen LogP contribution in [0.3, 0.4) is 0 Å². The van der Waals surface area contributed by atoms with E-state index in [9.17, 15) is 14.7 Å². The summed E-state index contributed by atoms with van der Waals surface area (Å²) in [5.41, 5.74) is 1.21. The van der Waals surface area contributed by atoms with E-state index >= 15 is 0 Å². The Hall–Kier alpha value is -3.26. The number of nitrogens with zero attached hydrogens (tertiary/aromatic N) is 2. The van der Waals surface area contributed by atoms with E-state index in [-0.39, 0.29) is 18.3 Å². The molecule has 142 valence electrons. The SMILES string of the molecule is CCN1C(=O)/C(=C/c2ccc3c(c2)OCO3)SC1=Nc1ccccc1C(=O)O. The number of carboxylic acids is 1. The van der Waals surface area contributed by atoms with Gasteiger partial charge in [-0.2, -0.15) is 0 Å². The lowest BCUT2D eigenvalue weighted by Gasteiger charge is -2.12. The van der Waals surface area contributed by atoms with Gasteiger partial charge in [0.1, 0.15) is 0 Å². The summed E-state index contributed by atoms with van der Waals surface area (Å²) >= 11 is 1.22. The fourth-order valence-electron chi connectivity index (χ4n) is 2.88. The second-order valence-electron chi connectivity index (χ2n) is 5.99. The van der Waals surface area contributed by atoms with Gasteiger partial charge >= 0.3 is 5.97 Å². The van der Waals surface area contributed by atoms with Gasteiger partial charge < -0.3 is 14.6 Å². The first-order valence-electron chi connectivity index (χ1n) is 8.59. The number of para-hydroxylation sites is 1. The number of thioether (sulfide) groups is 1. The first kappa shape index (κ1) is 18.1. The number of ether oxygens (including phenoxy) is 2. The highest BCUT2D eigenvalue weighted by molar-refractivity contribution is 8.18. The van der Waals surface area contributed by atoms with E-state index in [2.05, 4.69) is 4.99 Å². The predicted octanol–water partition coefficient (Wildman–Crippen LogP) is 3.74. The molecule has 0 bridgehead atoms. The van der Waals surface area contributed by atoms with Gasteiger partial charge in [-0.05, 0) is 54.6 Å². The summed E-state index contributed by atoms with van der Waals surface area (Å²) in [6.45, 7) is 2.46. The van der Waals surface area contributed by atoms with E-state index in [1.807, 2.05) is 19.1 Å². The van der Waals surface area contributed by atoms with Crippen molar-refractivity contribution in [2.24, 2.45) is 4.99 Å². The molecule has 1 amide bonds. The van der Waals surface area contributed by atoms with Gasteiger partial charge in [-0.15, -0.1) is 0 Å². The van der Waals surface area contributed by atoms with Gasteiger partial charge in [0.2, 0.25) is 6.79 Å². The number of benzene rings is 2. The summed E-state index contributed by atoms with van der Waals surface area (Å²) < 4.78 is 10.7. The molecule has 4 rings (SSSR count). The number of rotatable bonds is 4. The minimum Gasteiger partial charge on any atom is -0.478 e. The lowest BCUT2D eigenvalue weighted by molar-refractivity contribution is -0.122. The Bertz CT molecular complexity index is 1030. The smallest absolute Gasteiger partial charge is 0.337 e. The highest BCUT2D eigenvalue weighted by Crippen LogP contribution is 2.37. The van der Waals surface area contributed by atoms with Crippen LogP contribution in [0.25, 0.3) is 6.08 Å². The zero-order valence-electron chi connectivity index (χ0n) is 14.9. The third kappa shape index (κ3) is 3.34. The van der Waals surface area contributed by atoms with Crippen molar-refractivity contribution >= 4 is 40.6 Å². The van der Waals surface area contributed by atoms with Crippen molar-refractivity contribution in [1.82, 2.24) is 4.90 Å². The van der Waals surface area contributed by atoms with Gasteiger partial charge in [-0.3, -0.25) is 9.69 Å². The molecule has 8 heteroatoms. The molecule has 0 spiro atoms. The zero-order valence-corrected chi connectivity index (χ0v) is 15.7. The first-order valence-corrected chi connectivity index (χ1v) is 9.40. The average Bonchev–Trinajstić information content (AvgIpc) is 3.26. The Balaban J connectivity index is 1.68. The summed E-state index contributed by atoms with van der Waals surface area (Å²) in [4.78, 5) is 30.7. The van der Waals surface area contributed by atoms with E-state index in [0.29, 0.717) is 33.8 Å². The summed E-state index contributed by atoms with van der Waals surface area (Å²) in [6.07, 6.45) is 1.77. The number of amides is 1. The lowest BCUT2D eigenvalue weighted by Crippen LogP contribution is -2.28. The molecule has 2 aromatic carbocycles. The predicted molar refractivity (Wildman–Crippen MR) is 106 cm³/mol. The highest BCUT2D eigenvalue weighted by atomic mass is 32.2. The molecule has 0 unspecified atom stereocenters. The van der Waals surface area contributed by atoms with Crippen molar-refractivity contribution in [3.8, 4) is 11.5 Å². The van der Waals surface area contributed by atoms with Crippen LogP contribution in [0.2, 0.25) is 0 Å². The van der Waals surface area contributed by atoms with Crippen LogP contribution in [0.15, 0.2) is 52.4 Å². The summed E-state index contributed by atoms with van der Waals surface area (Å²) in [5.74, 6) is 0.0851. The van der Waals surface area contributed by atoms with Crippen LogP contribution in [-0.2, 0) is 4.79 Å². The van der Waals surface area contributed by atoms with Crippen LogP contribution in [0, 0.1) is 0 Å². The summed E-state index contributed by atoms with van der Waals surface area (Å²) in [6, 6.07) is 11.9. The number of hydrogen-bond acceptors (Lipinski definition) is 6. The number of fused-ring (bicyclic) bond motifs is 1. The number of carboxylic acid groups (broad SMARTS) is 1. The number of carbonyl (C=O) groups is 2. The Labute approximate surface area is 165 Å². The Morgan fingerprint density at radius 1 is 1.25 bits per heavy atom. The molecule has 0 saturated carbocycles. The Morgan fingerprint density at radius 2 is 2.04 bits per heavy atom. The molecule has 0 aromatic heterocycles. The minimum atomic E-state index is -1.06. The number of likely N-dealkylation sites (N-methyl/N-ethyl adjacent to an activating group) is 1. The van der Waals surface area contributed by atoms with Gasteiger partial charge in [0.05, 0.1) is 16.2 Å². The topological polar surface area (TPSA) is 88.4 Å².